The number of aliphatic hydroxyl groups is 1. The quantitative estimate of drug-likeness (QED) is 0.836. The molecule has 3 aliphatic heterocycles. The molecule has 106 valence electrons. The number of nitrogens with zero attached hydrogens (tertiary/aromatic N) is 1. The van der Waals surface area contributed by atoms with Crippen molar-refractivity contribution < 1.29 is 9.84 Å². The first kappa shape index (κ1) is 12.4. The first-order valence-corrected chi connectivity index (χ1v) is 7.43. The highest BCUT2D eigenvalue weighted by atomic mass is 16.5. The fraction of sp³-hybridized carbons (Fsp3) is 0.529. The highest BCUT2D eigenvalue weighted by Gasteiger charge is 2.59. The minimum absolute atomic E-state index is 0.0991. The van der Waals surface area contributed by atoms with Crippen molar-refractivity contribution in [2.45, 2.75) is 25.6 Å². The minimum atomic E-state index is -0.414. The molecule has 0 radical (unpaired) electrons. The first-order chi connectivity index (χ1) is 9.63. The number of hydrogen-bond donors (Lipinski definition) is 1. The van der Waals surface area contributed by atoms with Gasteiger partial charge in [-0.25, -0.2) is 0 Å². The number of aryl methyl sites for hydroxylation is 2. The molecule has 4 unspecified atom stereocenters. The third-order valence-electron chi connectivity index (χ3n) is 5.28. The van der Waals surface area contributed by atoms with E-state index in [1.54, 1.807) is 0 Å². The maximum absolute atomic E-state index is 9.74. The van der Waals surface area contributed by atoms with Crippen molar-refractivity contribution in [2.75, 3.05) is 24.6 Å². The van der Waals surface area contributed by atoms with Crippen LogP contribution < -0.4 is 4.90 Å². The number of benzene rings is 1. The van der Waals surface area contributed by atoms with Crippen molar-refractivity contribution in [3.8, 4) is 0 Å². The molecule has 0 aliphatic carbocycles. The normalized spacial score (nSPS) is 37.8. The molecule has 2 saturated heterocycles. The van der Waals surface area contributed by atoms with E-state index in [2.05, 4.69) is 49.1 Å². The van der Waals surface area contributed by atoms with Crippen LogP contribution in [0, 0.1) is 25.7 Å². The summed E-state index contributed by atoms with van der Waals surface area (Å²) in [6.45, 7) is 6.43. The molecular weight excluding hydrogens is 250 g/mol. The average molecular weight is 271 g/mol. The van der Waals surface area contributed by atoms with Crippen molar-refractivity contribution in [1.29, 1.82) is 0 Å². The SMILES string of the molecule is Cc1ccc(N2CC3C4C=CC(CO)(O4)C3C2)c(C)c1. The molecule has 0 aromatic heterocycles. The van der Waals surface area contributed by atoms with Gasteiger partial charge >= 0.3 is 0 Å². The van der Waals surface area contributed by atoms with Crippen LogP contribution in [-0.2, 0) is 4.74 Å². The van der Waals surface area contributed by atoms with E-state index in [1.165, 1.54) is 16.8 Å². The van der Waals surface area contributed by atoms with Crippen LogP contribution >= 0.6 is 0 Å². The third-order valence-corrected chi connectivity index (χ3v) is 5.28. The first-order valence-electron chi connectivity index (χ1n) is 7.43. The molecule has 3 heteroatoms. The largest absolute Gasteiger partial charge is 0.393 e. The van der Waals surface area contributed by atoms with Crippen LogP contribution in [0.1, 0.15) is 11.1 Å². The van der Waals surface area contributed by atoms with Gasteiger partial charge in [0.1, 0.15) is 5.60 Å². The van der Waals surface area contributed by atoms with Gasteiger partial charge in [-0.05, 0) is 25.5 Å². The summed E-state index contributed by atoms with van der Waals surface area (Å²) < 4.78 is 6.02. The zero-order valence-electron chi connectivity index (χ0n) is 12.0. The highest BCUT2D eigenvalue weighted by molar-refractivity contribution is 5.56. The second kappa shape index (κ2) is 4.09. The Morgan fingerprint density at radius 2 is 2.20 bits per heavy atom. The Labute approximate surface area is 119 Å². The van der Waals surface area contributed by atoms with E-state index in [-0.39, 0.29) is 12.7 Å². The Morgan fingerprint density at radius 3 is 2.95 bits per heavy atom. The predicted molar refractivity (Wildman–Crippen MR) is 78.9 cm³/mol. The summed E-state index contributed by atoms with van der Waals surface area (Å²) in [4.78, 5) is 2.47. The molecule has 3 nitrogen and oxygen atoms in total. The summed E-state index contributed by atoms with van der Waals surface area (Å²) in [6.07, 6.45) is 4.43. The Bertz CT molecular complexity index is 582. The smallest absolute Gasteiger partial charge is 0.115 e. The highest BCUT2D eigenvalue weighted by Crippen LogP contribution is 2.51. The van der Waals surface area contributed by atoms with Crippen LogP contribution in [0.2, 0.25) is 0 Å². The van der Waals surface area contributed by atoms with Gasteiger partial charge in [-0.15, -0.1) is 0 Å². The fourth-order valence-corrected chi connectivity index (χ4v) is 4.27. The number of rotatable bonds is 2. The zero-order valence-corrected chi connectivity index (χ0v) is 12.0. The van der Waals surface area contributed by atoms with Gasteiger partial charge in [-0.3, -0.25) is 0 Å². The van der Waals surface area contributed by atoms with Crippen LogP contribution in [0.3, 0.4) is 0 Å². The van der Waals surface area contributed by atoms with Gasteiger partial charge in [-0.2, -0.15) is 0 Å². The fourth-order valence-electron chi connectivity index (χ4n) is 4.27. The van der Waals surface area contributed by atoms with Gasteiger partial charge in [0.05, 0.1) is 12.7 Å². The van der Waals surface area contributed by atoms with Crippen LogP contribution in [-0.4, -0.2) is 36.5 Å². The Kier molecular flexibility index (Phi) is 2.54. The summed E-state index contributed by atoms with van der Waals surface area (Å²) >= 11 is 0. The van der Waals surface area contributed by atoms with Crippen LogP contribution in [0.4, 0.5) is 5.69 Å². The summed E-state index contributed by atoms with van der Waals surface area (Å²) in [6, 6.07) is 6.66. The number of fused-ring (bicyclic) bond motifs is 5. The maximum Gasteiger partial charge on any atom is 0.115 e. The average Bonchev–Trinajstić information content (AvgIpc) is 3.09. The van der Waals surface area contributed by atoms with E-state index in [4.69, 9.17) is 4.74 Å². The molecule has 20 heavy (non-hydrogen) atoms. The number of anilines is 1. The van der Waals surface area contributed by atoms with Gasteiger partial charge in [0, 0.05) is 30.6 Å². The molecule has 4 rings (SSSR count). The van der Waals surface area contributed by atoms with Gasteiger partial charge in [0.15, 0.2) is 0 Å². The summed E-state index contributed by atoms with van der Waals surface area (Å²) in [5, 5.41) is 9.74. The van der Waals surface area contributed by atoms with Crippen molar-refractivity contribution >= 4 is 5.69 Å². The predicted octanol–water partition coefficient (Wildman–Crippen LogP) is 2.06. The van der Waals surface area contributed by atoms with Gasteiger partial charge in [-0.1, -0.05) is 29.8 Å². The van der Waals surface area contributed by atoms with E-state index in [0.29, 0.717) is 11.8 Å². The molecule has 0 spiro atoms. The lowest BCUT2D eigenvalue weighted by Crippen LogP contribution is -2.40. The lowest BCUT2D eigenvalue weighted by atomic mass is 9.78. The van der Waals surface area contributed by atoms with Crippen LogP contribution in [0.15, 0.2) is 30.4 Å². The molecule has 0 saturated carbocycles. The molecule has 1 aromatic rings. The molecular formula is C17H21NO2. The summed E-state index contributed by atoms with van der Waals surface area (Å²) in [5.74, 6) is 0.941. The molecule has 2 fully saturated rings. The van der Waals surface area contributed by atoms with Crippen molar-refractivity contribution in [3.05, 3.63) is 41.5 Å². The Balaban J connectivity index is 1.64. The van der Waals surface area contributed by atoms with Gasteiger partial charge < -0.3 is 14.7 Å². The van der Waals surface area contributed by atoms with Crippen molar-refractivity contribution in [3.63, 3.8) is 0 Å². The molecule has 3 aliphatic rings. The van der Waals surface area contributed by atoms with E-state index in [9.17, 15) is 5.11 Å². The zero-order chi connectivity index (χ0) is 13.9. The van der Waals surface area contributed by atoms with E-state index < -0.39 is 5.60 Å². The molecule has 1 aromatic carbocycles. The molecule has 4 atom stereocenters. The second-order valence-corrected chi connectivity index (χ2v) is 6.52. The van der Waals surface area contributed by atoms with Crippen LogP contribution in [0.25, 0.3) is 0 Å². The van der Waals surface area contributed by atoms with Crippen LogP contribution in [0.5, 0.6) is 0 Å². The number of aliphatic hydroxyl groups excluding tert-OH is 1. The van der Waals surface area contributed by atoms with Gasteiger partial charge in [0.2, 0.25) is 0 Å². The lowest BCUT2D eigenvalue weighted by Gasteiger charge is -2.29. The molecule has 0 amide bonds. The van der Waals surface area contributed by atoms with E-state index >= 15 is 0 Å². The van der Waals surface area contributed by atoms with E-state index in [1.807, 2.05) is 0 Å². The molecule has 1 N–H and O–H groups in total. The van der Waals surface area contributed by atoms with E-state index in [0.717, 1.165) is 13.1 Å². The maximum atomic E-state index is 9.74. The van der Waals surface area contributed by atoms with Crippen molar-refractivity contribution in [1.82, 2.24) is 0 Å². The topological polar surface area (TPSA) is 32.7 Å². The number of hydrogen-bond acceptors (Lipinski definition) is 3. The van der Waals surface area contributed by atoms with Gasteiger partial charge in [0.25, 0.3) is 0 Å². The Hall–Kier alpha value is -1.32. The standard InChI is InChI=1S/C17H21NO2/c1-11-3-4-15(12(2)7-11)18-8-13-14(9-18)17(10-19)6-5-16(13)20-17/h3-7,13-14,16,19H,8-10H2,1-2H3. The molecule has 3 heterocycles. The summed E-state index contributed by atoms with van der Waals surface area (Å²) in [7, 11) is 0. The van der Waals surface area contributed by atoms with Crippen molar-refractivity contribution in [2.24, 2.45) is 11.8 Å². The minimum Gasteiger partial charge on any atom is -0.393 e. The monoisotopic (exact) mass is 271 g/mol. The molecule has 2 bridgehead atoms. The summed E-state index contributed by atoms with van der Waals surface area (Å²) in [5.41, 5.74) is 3.56. The lowest BCUT2D eigenvalue weighted by molar-refractivity contribution is -0.0281. The Morgan fingerprint density at radius 1 is 1.35 bits per heavy atom. The second-order valence-electron chi connectivity index (χ2n) is 6.52. The third kappa shape index (κ3) is 1.54. The number of ether oxygens (including phenoxy) is 1.